The van der Waals surface area contributed by atoms with Crippen LogP contribution in [-0.2, 0) is 20.9 Å². The molecule has 0 aliphatic carbocycles. The van der Waals surface area contributed by atoms with E-state index in [4.69, 9.17) is 10.6 Å². The summed E-state index contributed by atoms with van der Waals surface area (Å²) < 4.78 is 9.40. The Kier molecular flexibility index (Phi) is 5.66. The number of carbonyl (C=O) groups is 2. The van der Waals surface area contributed by atoms with Gasteiger partial charge in [-0.15, -0.1) is 0 Å². The van der Waals surface area contributed by atoms with Crippen LogP contribution in [0.15, 0.2) is 30.3 Å². The van der Waals surface area contributed by atoms with Gasteiger partial charge in [-0.2, -0.15) is 0 Å². The lowest BCUT2D eigenvalue weighted by Gasteiger charge is -2.15. The number of nitrogens with zero attached hydrogens (tertiary/aromatic N) is 1. The second-order valence-corrected chi connectivity index (χ2v) is 3.56. The fourth-order valence-electron chi connectivity index (χ4n) is 1.21. The highest BCUT2D eigenvalue weighted by Crippen LogP contribution is 2.02. The van der Waals surface area contributed by atoms with Gasteiger partial charge in [0.15, 0.2) is 0 Å². The van der Waals surface area contributed by atoms with Crippen molar-refractivity contribution in [2.24, 2.45) is 5.84 Å². The Morgan fingerprint density at radius 2 is 1.94 bits per heavy atom. The lowest BCUT2D eigenvalue weighted by molar-refractivity contribution is -0.140. The molecule has 0 spiro atoms. The first-order chi connectivity index (χ1) is 8.63. The van der Waals surface area contributed by atoms with Crippen LogP contribution < -0.4 is 5.84 Å². The third-order valence-corrected chi connectivity index (χ3v) is 2.22. The topological polar surface area (TPSA) is 81.9 Å². The molecule has 0 aliphatic rings. The Morgan fingerprint density at radius 3 is 2.56 bits per heavy atom. The molecule has 0 aromatic heterocycles. The van der Waals surface area contributed by atoms with Crippen molar-refractivity contribution < 1.29 is 19.1 Å². The van der Waals surface area contributed by atoms with Crippen molar-refractivity contribution in [1.82, 2.24) is 5.01 Å². The quantitative estimate of drug-likeness (QED) is 0.367. The molecule has 0 fully saturated rings. The highest BCUT2D eigenvalue weighted by atomic mass is 16.6. The first-order valence-corrected chi connectivity index (χ1v) is 5.43. The van der Waals surface area contributed by atoms with Gasteiger partial charge >= 0.3 is 12.1 Å². The molecule has 0 saturated carbocycles. The minimum atomic E-state index is -0.678. The molecule has 1 rings (SSSR count). The van der Waals surface area contributed by atoms with Crippen LogP contribution in [0.3, 0.4) is 0 Å². The number of rotatable bonds is 5. The Bertz CT molecular complexity index is 394. The second kappa shape index (κ2) is 7.29. The highest BCUT2D eigenvalue weighted by Gasteiger charge is 2.12. The average molecular weight is 252 g/mol. The summed E-state index contributed by atoms with van der Waals surface area (Å²) in [5, 5.41) is 0.847. The number of carbonyl (C=O) groups excluding carboxylic acids is 2. The number of nitrogens with two attached hydrogens (primary N) is 1. The Balaban J connectivity index is 2.30. The molecule has 6 nitrogen and oxygen atoms in total. The summed E-state index contributed by atoms with van der Waals surface area (Å²) in [4.78, 5) is 22.3. The molecule has 0 bridgehead atoms. The van der Waals surface area contributed by atoms with Crippen molar-refractivity contribution in [1.29, 1.82) is 0 Å². The largest absolute Gasteiger partial charge is 0.469 e. The predicted octanol–water partition coefficient (Wildman–Crippen LogP) is 1.06. The zero-order valence-electron chi connectivity index (χ0n) is 10.2. The summed E-state index contributed by atoms with van der Waals surface area (Å²) in [6.07, 6.45) is -0.643. The van der Waals surface area contributed by atoms with E-state index in [9.17, 15) is 9.59 Å². The van der Waals surface area contributed by atoms with Gasteiger partial charge in [0.2, 0.25) is 0 Å². The van der Waals surface area contributed by atoms with Crippen LogP contribution in [0.2, 0.25) is 0 Å². The summed E-state index contributed by atoms with van der Waals surface area (Å²) in [7, 11) is 1.27. The van der Waals surface area contributed by atoms with Crippen molar-refractivity contribution in [3.8, 4) is 0 Å². The molecular formula is C12H16N2O4. The number of hydrazine groups is 1. The Labute approximate surface area is 105 Å². The van der Waals surface area contributed by atoms with Crippen molar-refractivity contribution in [3.63, 3.8) is 0 Å². The zero-order chi connectivity index (χ0) is 13.4. The Morgan fingerprint density at radius 1 is 1.28 bits per heavy atom. The summed E-state index contributed by atoms with van der Waals surface area (Å²) in [5.74, 6) is 5.01. The monoisotopic (exact) mass is 252 g/mol. The van der Waals surface area contributed by atoms with Gasteiger partial charge in [-0.1, -0.05) is 30.3 Å². The van der Waals surface area contributed by atoms with E-state index in [1.54, 1.807) is 0 Å². The molecule has 98 valence electrons. The van der Waals surface area contributed by atoms with E-state index in [-0.39, 0.29) is 19.6 Å². The molecule has 18 heavy (non-hydrogen) atoms. The van der Waals surface area contributed by atoms with Gasteiger partial charge in [0, 0.05) is 0 Å². The maximum absolute atomic E-state index is 11.4. The van der Waals surface area contributed by atoms with Gasteiger partial charge in [0.05, 0.1) is 20.1 Å². The maximum atomic E-state index is 11.4. The lowest BCUT2D eigenvalue weighted by atomic mass is 10.2. The van der Waals surface area contributed by atoms with Crippen LogP contribution >= 0.6 is 0 Å². The highest BCUT2D eigenvalue weighted by molar-refractivity contribution is 5.71. The molecule has 0 heterocycles. The van der Waals surface area contributed by atoms with E-state index < -0.39 is 12.1 Å². The van der Waals surface area contributed by atoms with Gasteiger partial charge in [-0.3, -0.25) is 4.79 Å². The van der Waals surface area contributed by atoms with Crippen molar-refractivity contribution in [2.45, 2.75) is 13.0 Å². The molecule has 0 unspecified atom stereocenters. The van der Waals surface area contributed by atoms with Gasteiger partial charge < -0.3 is 9.47 Å². The Hall–Kier alpha value is -2.08. The van der Waals surface area contributed by atoms with Crippen molar-refractivity contribution in [2.75, 3.05) is 13.7 Å². The smallest absolute Gasteiger partial charge is 0.424 e. The van der Waals surface area contributed by atoms with Crippen LogP contribution in [0.5, 0.6) is 0 Å². The number of benzene rings is 1. The first-order valence-electron chi connectivity index (χ1n) is 5.43. The molecule has 2 N–H and O–H groups in total. The van der Waals surface area contributed by atoms with Gasteiger partial charge in [0.1, 0.15) is 6.61 Å². The molecule has 1 amide bonds. The zero-order valence-corrected chi connectivity index (χ0v) is 10.2. The number of esters is 1. The van der Waals surface area contributed by atoms with Crippen LogP contribution in [0.25, 0.3) is 0 Å². The molecule has 1 aromatic carbocycles. The van der Waals surface area contributed by atoms with E-state index in [1.165, 1.54) is 7.11 Å². The van der Waals surface area contributed by atoms with E-state index >= 15 is 0 Å². The fraction of sp³-hybridized carbons (Fsp3) is 0.333. The molecular weight excluding hydrogens is 236 g/mol. The van der Waals surface area contributed by atoms with E-state index in [1.807, 2.05) is 30.3 Å². The van der Waals surface area contributed by atoms with Crippen LogP contribution in [-0.4, -0.2) is 30.7 Å². The number of ether oxygens (including phenoxy) is 2. The standard InChI is InChI=1S/C12H16N2O4/c1-17-11(15)7-8-14(13)12(16)18-9-10-5-3-2-4-6-10/h2-6H,7-9,13H2,1H3. The number of hydrogen-bond acceptors (Lipinski definition) is 5. The molecule has 0 radical (unpaired) electrons. The predicted molar refractivity (Wildman–Crippen MR) is 64.2 cm³/mol. The molecule has 0 saturated heterocycles. The van der Waals surface area contributed by atoms with Crippen molar-refractivity contribution >= 4 is 12.1 Å². The lowest BCUT2D eigenvalue weighted by Crippen LogP contribution is -2.39. The third-order valence-electron chi connectivity index (χ3n) is 2.22. The first kappa shape index (κ1) is 14.0. The van der Waals surface area contributed by atoms with Gasteiger partial charge in [-0.05, 0) is 5.56 Å². The fourth-order valence-corrected chi connectivity index (χ4v) is 1.21. The molecule has 6 heteroatoms. The van der Waals surface area contributed by atoms with Gasteiger partial charge in [-0.25, -0.2) is 15.6 Å². The number of amides is 1. The van der Waals surface area contributed by atoms with E-state index in [0.29, 0.717) is 0 Å². The minimum absolute atomic E-state index is 0.0352. The van der Waals surface area contributed by atoms with E-state index in [0.717, 1.165) is 10.6 Å². The molecule has 0 atom stereocenters. The van der Waals surface area contributed by atoms with Crippen LogP contribution in [0.4, 0.5) is 4.79 Å². The SMILES string of the molecule is COC(=O)CCN(N)C(=O)OCc1ccccc1. The van der Waals surface area contributed by atoms with Crippen LogP contribution in [0.1, 0.15) is 12.0 Å². The molecule has 1 aromatic rings. The average Bonchev–Trinajstić information content (AvgIpc) is 2.42. The summed E-state index contributed by atoms with van der Waals surface area (Å²) in [6, 6.07) is 9.24. The van der Waals surface area contributed by atoms with E-state index in [2.05, 4.69) is 4.74 Å². The van der Waals surface area contributed by atoms with Crippen molar-refractivity contribution in [3.05, 3.63) is 35.9 Å². The summed E-state index contributed by atoms with van der Waals surface area (Å²) in [5.41, 5.74) is 0.868. The second-order valence-electron chi connectivity index (χ2n) is 3.56. The van der Waals surface area contributed by atoms with Gasteiger partial charge in [0.25, 0.3) is 0 Å². The normalized spacial score (nSPS) is 9.67. The van der Waals surface area contributed by atoms with Crippen LogP contribution in [0, 0.1) is 0 Å². The third kappa shape index (κ3) is 4.84. The summed E-state index contributed by atoms with van der Waals surface area (Å²) in [6.45, 7) is 0.200. The summed E-state index contributed by atoms with van der Waals surface area (Å²) >= 11 is 0. The maximum Gasteiger partial charge on any atom is 0.424 e. The number of methoxy groups -OCH3 is 1. The number of hydrogen-bond donors (Lipinski definition) is 1. The molecule has 0 aliphatic heterocycles. The minimum Gasteiger partial charge on any atom is -0.469 e.